The predicted octanol–water partition coefficient (Wildman–Crippen LogP) is 3.84. The van der Waals surface area contributed by atoms with Gasteiger partial charge in [-0.1, -0.05) is 6.07 Å². The van der Waals surface area contributed by atoms with Crippen LogP contribution in [-0.2, 0) is 10.9 Å². The first-order chi connectivity index (χ1) is 9.38. The number of hydrogen-bond donors (Lipinski definition) is 1. The summed E-state index contributed by atoms with van der Waals surface area (Å²) in [6.07, 6.45) is -3.05. The highest BCUT2D eigenvalue weighted by molar-refractivity contribution is 5.28. The van der Waals surface area contributed by atoms with Gasteiger partial charge in [-0.05, 0) is 37.0 Å². The molecule has 1 heterocycles. The second-order valence-electron chi connectivity index (χ2n) is 4.98. The van der Waals surface area contributed by atoms with Gasteiger partial charge < -0.3 is 9.84 Å². The van der Waals surface area contributed by atoms with Crippen molar-refractivity contribution in [3.63, 3.8) is 0 Å². The average Bonchev–Trinajstić information content (AvgIpc) is 2.39. The fourth-order valence-corrected chi connectivity index (χ4v) is 2.35. The van der Waals surface area contributed by atoms with Gasteiger partial charge in [-0.25, -0.2) is 4.39 Å². The summed E-state index contributed by atoms with van der Waals surface area (Å²) in [6.45, 7) is 0.606. The Morgan fingerprint density at radius 3 is 2.65 bits per heavy atom. The molecule has 0 spiro atoms. The summed E-state index contributed by atoms with van der Waals surface area (Å²) in [4.78, 5) is 0. The van der Waals surface area contributed by atoms with Crippen LogP contribution >= 0.6 is 0 Å². The molecule has 0 bridgehead atoms. The van der Waals surface area contributed by atoms with Crippen molar-refractivity contribution < 1.29 is 27.4 Å². The van der Waals surface area contributed by atoms with Crippen LogP contribution in [-0.4, -0.2) is 17.8 Å². The lowest BCUT2D eigenvalue weighted by atomic mass is 9.97. The Labute approximate surface area is 114 Å². The molecule has 0 aromatic heterocycles. The average molecular weight is 292 g/mol. The summed E-state index contributed by atoms with van der Waals surface area (Å²) in [6, 6.07) is 2.59. The molecule has 1 saturated heterocycles. The van der Waals surface area contributed by atoms with E-state index in [1.54, 1.807) is 0 Å². The lowest BCUT2D eigenvalue weighted by Gasteiger charge is -2.25. The second kappa shape index (κ2) is 6.10. The Bertz CT molecular complexity index is 453. The Kier molecular flexibility index (Phi) is 4.65. The van der Waals surface area contributed by atoms with Crippen LogP contribution in [0.1, 0.15) is 42.9 Å². The van der Waals surface area contributed by atoms with E-state index in [0.29, 0.717) is 12.7 Å². The second-order valence-corrected chi connectivity index (χ2v) is 4.98. The number of aliphatic hydroxyl groups excluding tert-OH is 1. The molecule has 2 rings (SSSR count). The summed E-state index contributed by atoms with van der Waals surface area (Å²) in [7, 11) is 0. The SMILES string of the molecule is OC(CC1CCCCO1)c1ccc(F)c(C(F)(F)F)c1. The van der Waals surface area contributed by atoms with Crippen molar-refractivity contribution in [1.82, 2.24) is 0 Å². The molecular formula is C14H16F4O2. The molecule has 2 nitrogen and oxygen atoms in total. The van der Waals surface area contributed by atoms with E-state index in [-0.39, 0.29) is 18.1 Å². The zero-order valence-electron chi connectivity index (χ0n) is 10.8. The summed E-state index contributed by atoms with van der Waals surface area (Å²) in [5, 5.41) is 9.98. The van der Waals surface area contributed by atoms with Crippen LogP contribution in [0.25, 0.3) is 0 Å². The Balaban J connectivity index is 2.11. The molecule has 112 valence electrons. The highest BCUT2D eigenvalue weighted by atomic mass is 19.4. The zero-order valence-corrected chi connectivity index (χ0v) is 10.8. The fraction of sp³-hybridized carbons (Fsp3) is 0.571. The topological polar surface area (TPSA) is 29.5 Å². The number of rotatable bonds is 3. The first-order valence-electron chi connectivity index (χ1n) is 6.54. The minimum Gasteiger partial charge on any atom is -0.388 e. The van der Waals surface area contributed by atoms with E-state index < -0.39 is 23.7 Å². The van der Waals surface area contributed by atoms with E-state index in [1.165, 1.54) is 6.07 Å². The van der Waals surface area contributed by atoms with Gasteiger partial charge in [0.05, 0.1) is 17.8 Å². The van der Waals surface area contributed by atoms with Gasteiger partial charge in [-0.2, -0.15) is 13.2 Å². The molecule has 1 aromatic rings. The van der Waals surface area contributed by atoms with Crippen LogP contribution < -0.4 is 0 Å². The standard InChI is InChI=1S/C14H16F4O2/c15-12-5-4-9(7-11(12)14(16,17)18)13(19)8-10-3-1-2-6-20-10/h4-5,7,10,13,19H,1-3,6,8H2. The van der Waals surface area contributed by atoms with Crippen molar-refractivity contribution in [3.8, 4) is 0 Å². The number of hydrogen-bond acceptors (Lipinski definition) is 2. The molecule has 0 amide bonds. The van der Waals surface area contributed by atoms with Crippen molar-refractivity contribution in [2.45, 2.75) is 44.1 Å². The van der Waals surface area contributed by atoms with Crippen LogP contribution in [0.5, 0.6) is 0 Å². The minimum absolute atomic E-state index is 0.0629. The van der Waals surface area contributed by atoms with Gasteiger partial charge in [0.25, 0.3) is 0 Å². The van der Waals surface area contributed by atoms with Gasteiger partial charge >= 0.3 is 6.18 Å². The number of halogens is 4. The van der Waals surface area contributed by atoms with Gasteiger partial charge in [-0.3, -0.25) is 0 Å². The van der Waals surface area contributed by atoms with Crippen LogP contribution in [0.2, 0.25) is 0 Å². The highest BCUT2D eigenvalue weighted by Gasteiger charge is 2.34. The van der Waals surface area contributed by atoms with Crippen LogP contribution in [0.15, 0.2) is 18.2 Å². The zero-order chi connectivity index (χ0) is 14.8. The third kappa shape index (κ3) is 3.70. The smallest absolute Gasteiger partial charge is 0.388 e. The molecule has 1 aliphatic rings. The number of benzene rings is 1. The lowest BCUT2D eigenvalue weighted by Crippen LogP contribution is -2.21. The van der Waals surface area contributed by atoms with Crippen molar-refractivity contribution in [3.05, 3.63) is 35.1 Å². The molecule has 1 aromatic carbocycles. The van der Waals surface area contributed by atoms with E-state index in [1.807, 2.05) is 0 Å². The summed E-state index contributed by atoms with van der Waals surface area (Å²) >= 11 is 0. The number of ether oxygens (including phenoxy) is 1. The first kappa shape index (κ1) is 15.3. The van der Waals surface area contributed by atoms with E-state index >= 15 is 0 Å². The molecule has 0 radical (unpaired) electrons. The molecule has 2 atom stereocenters. The lowest BCUT2D eigenvalue weighted by molar-refractivity contribution is -0.140. The van der Waals surface area contributed by atoms with E-state index in [0.717, 1.165) is 25.3 Å². The van der Waals surface area contributed by atoms with Crippen LogP contribution in [0.4, 0.5) is 17.6 Å². The molecule has 0 aliphatic carbocycles. The molecule has 0 saturated carbocycles. The van der Waals surface area contributed by atoms with Gasteiger partial charge in [0.1, 0.15) is 5.82 Å². The third-order valence-electron chi connectivity index (χ3n) is 3.44. The van der Waals surface area contributed by atoms with Crippen LogP contribution in [0.3, 0.4) is 0 Å². The summed E-state index contributed by atoms with van der Waals surface area (Å²) in [5.74, 6) is -1.33. The molecule has 20 heavy (non-hydrogen) atoms. The third-order valence-corrected chi connectivity index (χ3v) is 3.44. The van der Waals surface area contributed by atoms with Crippen molar-refractivity contribution >= 4 is 0 Å². The number of alkyl halides is 3. The molecule has 2 unspecified atom stereocenters. The highest BCUT2D eigenvalue weighted by Crippen LogP contribution is 2.34. The summed E-state index contributed by atoms with van der Waals surface area (Å²) < 4.78 is 56.4. The van der Waals surface area contributed by atoms with Crippen LogP contribution in [0, 0.1) is 5.82 Å². The molecule has 1 fully saturated rings. The fourth-order valence-electron chi connectivity index (χ4n) is 2.35. The largest absolute Gasteiger partial charge is 0.419 e. The van der Waals surface area contributed by atoms with Gasteiger partial charge in [-0.15, -0.1) is 0 Å². The normalized spacial score (nSPS) is 21.8. The van der Waals surface area contributed by atoms with E-state index in [9.17, 15) is 22.7 Å². The molecular weight excluding hydrogens is 276 g/mol. The summed E-state index contributed by atoms with van der Waals surface area (Å²) in [5.41, 5.74) is -1.29. The van der Waals surface area contributed by atoms with Crippen molar-refractivity contribution in [2.24, 2.45) is 0 Å². The van der Waals surface area contributed by atoms with Crippen molar-refractivity contribution in [2.75, 3.05) is 6.61 Å². The molecule has 1 N–H and O–H groups in total. The van der Waals surface area contributed by atoms with E-state index in [2.05, 4.69) is 0 Å². The molecule has 1 aliphatic heterocycles. The van der Waals surface area contributed by atoms with Gasteiger partial charge in [0.2, 0.25) is 0 Å². The Morgan fingerprint density at radius 1 is 1.30 bits per heavy atom. The number of aliphatic hydroxyl groups is 1. The maximum Gasteiger partial charge on any atom is 0.419 e. The maximum atomic E-state index is 13.2. The predicted molar refractivity (Wildman–Crippen MR) is 64.6 cm³/mol. The van der Waals surface area contributed by atoms with Crippen molar-refractivity contribution in [1.29, 1.82) is 0 Å². The maximum absolute atomic E-state index is 13.2. The minimum atomic E-state index is -4.76. The Morgan fingerprint density at radius 2 is 2.05 bits per heavy atom. The van der Waals surface area contributed by atoms with Gasteiger partial charge in [0.15, 0.2) is 0 Å². The monoisotopic (exact) mass is 292 g/mol. The Hall–Kier alpha value is -1.14. The first-order valence-corrected chi connectivity index (χ1v) is 6.54. The van der Waals surface area contributed by atoms with E-state index in [4.69, 9.17) is 4.74 Å². The molecule has 6 heteroatoms. The van der Waals surface area contributed by atoms with Gasteiger partial charge in [0, 0.05) is 13.0 Å². The quantitative estimate of drug-likeness (QED) is 0.858.